The van der Waals surface area contributed by atoms with E-state index in [1.54, 1.807) is 6.08 Å². The molecule has 0 rings (SSSR count). The van der Waals surface area contributed by atoms with Gasteiger partial charge in [0, 0.05) is 6.08 Å². The van der Waals surface area contributed by atoms with E-state index in [1.807, 2.05) is 13.0 Å². The van der Waals surface area contributed by atoms with Crippen LogP contribution in [0.4, 0.5) is 0 Å². The van der Waals surface area contributed by atoms with Gasteiger partial charge in [0.2, 0.25) is 0 Å². The van der Waals surface area contributed by atoms with E-state index >= 15 is 0 Å². The summed E-state index contributed by atoms with van der Waals surface area (Å²) in [5.41, 5.74) is 0. The minimum Gasteiger partial charge on any atom is -0.466 e. The second-order valence-electron chi connectivity index (χ2n) is 1.64. The first-order chi connectivity index (χ1) is 4.66. The Hall–Kier alpha value is -0.320. The van der Waals surface area contributed by atoms with Crippen molar-refractivity contribution in [3.63, 3.8) is 0 Å². The van der Waals surface area contributed by atoms with Crippen LogP contribution in [0.15, 0.2) is 21.8 Å². The van der Waals surface area contributed by atoms with Crippen molar-refractivity contribution in [1.29, 1.82) is 0 Å². The summed E-state index contributed by atoms with van der Waals surface area (Å²) in [4.78, 5) is 10.5. The van der Waals surface area contributed by atoms with Gasteiger partial charge in [-0.1, -0.05) is 12.2 Å². The third kappa shape index (κ3) is 5.81. The third-order valence-corrected chi connectivity index (χ3v) is 1.12. The molecule has 2 nitrogen and oxygen atoms in total. The zero-order chi connectivity index (χ0) is 7.98. The van der Waals surface area contributed by atoms with Gasteiger partial charge >= 0.3 is 5.97 Å². The molecule has 0 N–H and O–H groups in total. The molecule has 0 atom stereocenters. The number of methoxy groups -OCH3 is 1. The summed E-state index contributed by atoms with van der Waals surface area (Å²) in [5, 5.41) is 0. The number of hydrogen-bond donors (Lipinski definition) is 0. The minimum absolute atomic E-state index is 0.325. The lowest BCUT2D eigenvalue weighted by atomic mass is 10.4. The average molecular weight is 252 g/mol. The van der Waals surface area contributed by atoms with Crippen LogP contribution in [-0.2, 0) is 9.53 Å². The first kappa shape index (κ1) is 9.68. The number of hydrogen-bond acceptors (Lipinski definition) is 2. The highest BCUT2D eigenvalue weighted by Gasteiger charge is 1.86. The fourth-order valence-corrected chi connectivity index (χ4v) is 0.535. The van der Waals surface area contributed by atoms with Crippen LogP contribution >= 0.6 is 22.6 Å². The van der Waals surface area contributed by atoms with Crippen LogP contribution in [0, 0.1) is 0 Å². The van der Waals surface area contributed by atoms with Gasteiger partial charge in [-0.05, 0) is 33.1 Å². The molecule has 56 valence electrons. The quantitative estimate of drug-likeness (QED) is 0.325. The fourth-order valence-electron chi connectivity index (χ4n) is 0.327. The molecule has 0 aliphatic heterocycles. The summed E-state index contributed by atoms with van der Waals surface area (Å²) in [6.45, 7) is 1.95. The maximum atomic E-state index is 10.5. The van der Waals surface area contributed by atoms with E-state index < -0.39 is 0 Å². The molecule has 0 saturated carbocycles. The molecular weight excluding hydrogens is 243 g/mol. The lowest BCUT2D eigenvalue weighted by Gasteiger charge is -1.86. The van der Waals surface area contributed by atoms with Crippen molar-refractivity contribution in [3.05, 3.63) is 21.8 Å². The number of esters is 1. The van der Waals surface area contributed by atoms with Crippen LogP contribution in [0.3, 0.4) is 0 Å². The Morgan fingerprint density at radius 1 is 1.60 bits per heavy atom. The Bertz CT molecular complexity index is 166. The monoisotopic (exact) mass is 252 g/mol. The number of carbonyl (C=O) groups excluding carboxylic acids is 1. The lowest BCUT2D eigenvalue weighted by molar-refractivity contribution is -0.134. The van der Waals surface area contributed by atoms with Crippen LogP contribution in [-0.4, -0.2) is 13.1 Å². The van der Waals surface area contributed by atoms with E-state index in [4.69, 9.17) is 0 Å². The zero-order valence-electron chi connectivity index (χ0n) is 5.93. The molecule has 3 heteroatoms. The van der Waals surface area contributed by atoms with Crippen LogP contribution in [0.1, 0.15) is 6.92 Å². The number of halogens is 1. The molecule has 0 amide bonds. The fraction of sp³-hybridized carbons (Fsp3) is 0.286. The Labute approximate surface area is 74.1 Å². The van der Waals surface area contributed by atoms with Gasteiger partial charge in [-0.15, -0.1) is 0 Å². The minimum atomic E-state index is -0.325. The highest BCUT2D eigenvalue weighted by atomic mass is 127. The van der Waals surface area contributed by atoms with Crippen molar-refractivity contribution in [3.8, 4) is 0 Å². The standard InChI is InChI=1S/C7H9IO2/c1-6(8)4-3-5-7(9)10-2/h3-5H,1-2H3. The Kier molecular flexibility index (Phi) is 5.29. The first-order valence-corrected chi connectivity index (χ1v) is 3.83. The molecule has 0 unspecified atom stereocenters. The summed E-state index contributed by atoms with van der Waals surface area (Å²) in [6, 6.07) is 0. The van der Waals surface area contributed by atoms with Crippen molar-refractivity contribution in [1.82, 2.24) is 0 Å². The summed E-state index contributed by atoms with van der Waals surface area (Å²) in [6.07, 6.45) is 4.87. The van der Waals surface area contributed by atoms with Gasteiger partial charge in [0.25, 0.3) is 0 Å². The lowest BCUT2D eigenvalue weighted by Crippen LogP contribution is -1.92. The van der Waals surface area contributed by atoms with E-state index in [0.29, 0.717) is 0 Å². The van der Waals surface area contributed by atoms with E-state index in [-0.39, 0.29) is 5.97 Å². The van der Waals surface area contributed by atoms with Gasteiger partial charge in [0.15, 0.2) is 0 Å². The van der Waals surface area contributed by atoms with Crippen molar-refractivity contribution in [2.75, 3.05) is 7.11 Å². The van der Waals surface area contributed by atoms with E-state index in [2.05, 4.69) is 27.3 Å². The Balaban J connectivity index is 3.77. The van der Waals surface area contributed by atoms with Gasteiger partial charge in [0.1, 0.15) is 0 Å². The molecule has 0 radical (unpaired) electrons. The Morgan fingerprint density at radius 2 is 2.20 bits per heavy atom. The molecule has 0 aromatic rings. The summed E-state index contributed by atoms with van der Waals surface area (Å²) in [5.74, 6) is -0.325. The molecule has 0 aromatic carbocycles. The topological polar surface area (TPSA) is 26.3 Å². The van der Waals surface area contributed by atoms with E-state index in [1.165, 1.54) is 13.2 Å². The van der Waals surface area contributed by atoms with Gasteiger partial charge in [-0.25, -0.2) is 4.79 Å². The van der Waals surface area contributed by atoms with Crippen molar-refractivity contribution >= 4 is 28.6 Å². The van der Waals surface area contributed by atoms with Gasteiger partial charge in [-0.3, -0.25) is 0 Å². The van der Waals surface area contributed by atoms with Crippen LogP contribution in [0.5, 0.6) is 0 Å². The van der Waals surface area contributed by atoms with Crippen molar-refractivity contribution in [2.24, 2.45) is 0 Å². The molecule has 0 bridgehead atoms. The normalized spacial score (nSPS) is 12.1. The van der Waals surface area contributed by atoms with Gasteiger partial charge in [-0.2, -0.15) is 0 Å². The number of rotatable bonds is 2. The zero-order valence-corrected chi connectivity index (χ0v) is 8.08. The molecule has 0 saturated heterocycles. The van der Waals surface area contributed by atoms with Crippen LogP contribution < -0.4 is 0 Å². The molecular formula is C7H9IO2. The van der Waals surface area contributed by atoms with Crippen molar-refractivity contribution < 1.29 is 9.53 Å². The SMILES string of the molecule is COC(=O)C=CC=C(C)I. The third-order valence-electron chi connectivity index (χ3n) is 0.759. The first-order valence-electron chi connectivity index (χ1n) is 2.75. The summed E-state index contributed by atoms with van der Waals surface area (Å²) in [7, 11) is 1.35. The van der Waals surface area contributed by atoms with Crippen LogP contribution in [0.25, 0.3) is 0 Å². The second-order valence-corrected chi connectivity index (χ2v) is 3.34. The molecule has 0 fully saturated rings. The molecule has 0 spiro atoms. The Morgan fingerprint density at radius 3 is 2.60 bits per heavy atom. The molecule has 0 aromatic heterocycles. The molecule has 10 heavy (non-hydrogen) atoms. The number of ether oxygens (including phenoxy) is 1. The van der Waals surface area contributed by atoms with Crippen LogP contribution in [0.2, 0.25) is 0 Å². The van der Waals surface area contributed by atoms with E-state index in [9.17, 15) is 4.79 Å². The second kappa shape index (κ2) is 5.46. The highest BCUT2D eigenvalue weighted by Crippen LogP contribution is 2.01. The van der Waals surface area contributed by atoms with E-state index in [0.717, 1.165) is 3.58 Å². The summed E-state index contributed by atoms with van der Waals surface area (Å²) >= 11 is 2.16. The highest BCUT2D eigenvalue weighted by molar-refractivity contribution is 14.1. The van der Waals surface area contributed by atoms with Crippen molar-refractivity contribution in [2.45, 2.75) is 6.92 Å². The maximum Gasteiger partial charge on any atom is 0.330 e. The number of carbonyl (C=O) groups is 1. The molecule has 0 aliphatic carbocycles. The smallest absolute Gasteiger partial charge is 0.330 e. The predicted octanol–water partition coefficient (Wildman–Crippen LogP) is 2.05. The predicted molar refractivity (Wildman–Crippen MR) is 48.9 cm³/mol. The largest absolute Gasteiger partial charge is 0.466 e. The maximum absolute atomic E-state index is 10.5. The average Bonchev–Trinajstić information content (AvgIpc) is 1.87. The van der Waals surface area contributed by atoms with Gasteiger partial charge < -0.3 is 4.74 Å². The molecule has 0 aliphatic rings. The van der Waals surface area contributed by atoms with Gasteiger partial charge in [0.05, 0.1) is 7.11 Å². The number of allylic oxidation sites excluding steroid dienone is 3. The summed E-state index contributed by atoms with van der Waals surface area (Å²) < 4.78 is 5.50. The molecule has 0 heterocycles.